The summed E-state index contributed by atoms with van der Waals surface area (Å²) in [5, 5.41) is 0.921. The van der Waals surface area contributed by atoms with Crippen molar-refractivity contribution >= 4 is 28.5 Å². The lowest BCUT2D eigenvalue weighted by Gasteiger charge is -2.18. The lowest BCUT2D eigenvalue weighted by molar-refractivity contribution is 0.566. The summed E-state index contributed by atoms with van der Waals surface area (Å²) >= 11 is 0. The average molecular weight is 276 g/mol. The van der Waals surface area contributed by atoms with E-state index < -0.39 is 0 Å². The van der Waals surface area contributed by atoms with Gasteiger partial charge in [0, 0.05) is 19.7 Å². The lowest BCUT2D eigenvalue weighted by atomic mass is 10.1. The first kappa shape index (κ1) is 11.9. The van der Waals surface area contributed by atoms with Gasteiger partial charge in [0.05, 0.1) is 11.1 Å². The lowest BCUT2D eigenvalue weighted by Crippen LogP contribution is -2.14. The van der Waals surface area contributed by atoms with Gasteiger partial charge in [0.25, 0.3) is 0 Å². The van der Waals surface area contributed by atoms with Crippen LogP contribution in [0.2, 0.25) is 0 Å². The number of para-hydroxylation sites is 1. The maximum atomic E-state index is 11.3. The van der Waals surface area contributed by atoms with Gasteiger partial charge in [0.2, 0.25) is 0 Å². The van der Waals surface area contributed by atoms with Crippen molar-refractivity contribution in [3.8, 4) is 0 Å². The van der Waals surface area contributed by atoms with Gasteiger partial charge in [-0.25, -0.2) is 14.8 Å². The zero-order valence-corrected chi connectivity index (χ0v) is 11.4. The minimum atomic E-state index is 0.581. The summed E-state index contributed by atoms with van der Waals surface area (Å²) in [6.07, 6.45) is 4.05. The SMILES string of the molecule is Cn1ccc2c(N3C(=C=O)Cc4ccccc43)ncnc21. The van der Waals surface area contributed by atoms with Gasteiger partial charge in [-0.3, -0.25) is 4.90 Å². The van der Waals surface area contributed by atoms with Crippen molar-refractivity contribution in [3.05, 3.63) is 54.1 Å². The van der Waals surface area contributed by atoms with E-state index in [0.29, 0.717) is 12.1 Å². The number of benzene rings is 1. The van der Waals surface area contributed by atoms with Crippen molar-refractivity contribution < 1.29 is 4.79 Å². The monoisotopic (exact) mass is 276 g/mol. The molecule has 21 heavy (non-hydrogen) atoms. The van der Waals surface area contributed by atoms with Crippen molar-refractivity contribution in [2.45, 2.75) is 6.42 Å². The Labute approximate surface area is 121 Å². The number of hydrogen-bond acceptors (Lipinski definition) is 4. The Morgan fingerprint density at radius 2 is 2.05 bits per heavy atom. The second-order valence-corrected chi connectivity index (χ2v) is 5.05. The van der Waals surface area contributed by atoms with Crippen LogP contribution in [0, 0.1) is 0 Å². The maximum absolute atomic E-state index is 11.3. The summed E-state index contributed by atoms with van der Waals surface area (Å²) < 4.78 is 1.94. The molecule has 2 aromatic heterocycles. The molecule has 1 aliphatic rings. The number of rotatable bonds is 1. The van der Waals surface area contributed by atoms with Gasteiger partial charge < -0.3 is 4.57 Å². The molecule has 0 atom stereocenters. The quantitative estimate of drug-likeness (QED) is 0.640. The number of hydrogen-bond donors (Lipinski definition) is 0. The van der Waals surface area contributed by atoms with Gasteiger partial charge in [-0.15, -0.1) is 0 Å². The van der Waals surface area contributed by atoms with E-state index in [2.05, 4.69) is 15.9 Å². The Hall–Kier alpha value is -2.91. The number of aromatic nitrogens is 3. The molecule has 0 N–H and O–H groups in total. The van der Waals surface area contributed by atoms with Crippen molar-refractivity contribution in [2.75, 3.05) is 4.90 Å². The molecule has 0 saturated heterocycles. The summed E-state index contributed by atoms with van der Waals surface area (Å²) in [4.78, 5) is 21.9. The number of allylic oxidation sites excluding steroid dienone is 1. The van der Waals surface area contributed by atoms with E-state index >= 15 is 0 Å². The molecule has 3 aromatic rings. The van der Waals surface area contributed by atoms with E-state index in [4.69, 9.17) is 0 Å². The van der Waals surface area contributed by atoms with E-state index in [-0.39, 0.29) is 0 Å². The molecule has 1 aromatic carbocycles. The van der Waals surface area contributed by atoms with Gasteiger partial charge in [0.15, 0.2) is 5.82 Å². The average Bonchev–Trinajstić information content (AvgIpc) is 3.08. The summed E-state index contributed by atoms with van der Waals surface area (Å²) in [5.74, 6) is 2.78. The maximum Gasteiger partial charge on any atom is 0.150 e. The van der Waals surface area contributed by atoms with Gasteiger partial charge in [-0.05, 0) is 17.7 Å². The van der Waals surface area contributed by atoms with Crippen molar-refractivity contribution in [1.82, 2.24) is 14.5 Å². The third-order valence-electron chi connectivity index (χ3n) is 3.83. The van der Waals surface area contributed by atoms with Gasteiger partial charge in [-0.2, -0.15) is 0 Å². The molecule has 0 fully saturated rings. The zero-order chi connectivity index (χ0) is 14.4. The van der Waals surface area contributed by atoms with Crippen LogP contribution in [-0.4, -0.2) is 20.5 Å². The van der Waals surface area contributed by atoms with Crippen LogP contribution < -0.4 is 4.90 Å². The van der Waals surface area contributed by atoms with Crippen molar-refractivity contribution in [1.29, 1.82) is 0 Å². The fourth-order valence-corrected chi connectivity index (χ4v) is 2.85. The third kappa shape index (κ3) is 1.61. The Morgan fingerprint density at radius 1 is 1.19 bits per heavy atom. The third-order valence-corrected chi connectivity index (χ3v) is 3.83. The minimum absolute atomic E-state index is 0.581. The fraction of sp³-hybridized carbons (Fsp3) is 0.125. The molecule has 4 rings (SSSR count). The Kier molecular flexibility index (Phi) is 2.43. The fourth-order valence-electron chi connectivity index (χ4n) is 2.85. The first-order chi connectivity index (χ1) is 10.3. The van der Waals surface area contributed by atoms with Crippen LogP contribution in [0.5, 0.6) is 0 Å². The van der Waals surface area contributed by atoms with Gasteiger partial charge >= 0.3 is 0 Å². The van der Waals surface area contributed by atoms with Crippen LogP contribution in [0.4, 0.5) is 11.5 Å². The summed E-state index contributed by atoms with van der Waals surface area (Å²) in [5.41, 5.74) is 3.52. The van der Waals surface area contributed by atoms with Crippen molar-refractivity contribution in [2.24, 2.45) is 7.05 Å². The van der Waals surface area contributed by atoms with Crippen LogP contribution in [0.3, 0.4) is 0 Å². The second-order valence-electron chi connectivity index (χ2n) is 5.05. The van der Waals surface area contributed by atoms with E-state index in [1.807, 2.05) is 53.0 Å². The minimum Gasteiger partial charge on any atom is -0.335 e. The number of aryl methyl sites for hydroxylation is 1. The first-order valence-electron chi connectivity index (χ1n) is 6.67. The molecule has 3 heterocycles. The van der Waals surface area contributed by atoms with Crippen LogP contribution in [0.15, 0.2) is 48.6 Å². The molecule has 5 nitrogen and oxygen atoms in total. The van der Waals surface area contributed by atoms with Crippen LogP contribution in [0.1, 0.15) is 5.56 Å². The molecule has 0 aliphatic carbocycles. The summed E-state index contributed by atoms with van der Waals surface area (Å²) in [6.45, 7) is 0. The molecule has 102 valence electrons. The van der Waals surface area contributed by atoms with Crippen molar-refractivity contribution in [3.63, 3.8) is 0 Å². The Morgan fingerprint density at radius 3 is 2.90 bits per heavy atom. The van der Waals surface area contributed by atoms with Crippen LogP contribution in [0.25, 0.3) is 11.0 Å². The summed E-state index contributed by atoms with van der Waals surface area (Å²) in [6, 6.07) is 9.92. The van der Waals surface area contributed by atoms with E-state index in [1.54, 1.807) is 0 Å². The number of anilines is 2. The van der Waals surface area contributed by atoms with Gasteiger partial charge in [0.1, 0.15) is 23.6 Å². The highest BCUT2D eigenvalue weighted by Crippen LogP contribution is 2.40. The number of fused-ring (bicyclic) bond motifs is 2. The van der Waals surface area contributed by atoms with Crippen LogP contribution in [-0.2, 0) is 18.3 Å². The summed E-state index contributed by atoms with van der Waals surface area (Å²) in [7, 11) is 1.94. The first-order valence-corrected chi connectivity index (χ1v) is 6.67. The molecule has 0 radical (unpaired) electrons. The molecule has 1 aliphatic heterocycles. The van der Waals surface area contributed by atoms with Gasteiger partial charge in [-0.1, -0.05) is 18.2 Å². The standard InChI is InChI=1S/C16H12N4O/c1-19-7-6-13-15(19)17-10-18-16(13)20-12(9-21)8-11-4-2-3-5-14(11)20/h2-7,10H,8H2,1H3. The molecule has 0 spiro atoms. The Balaban J connectivity index is 2.01. The molecular formula is C16H12N4O. The largest absolute Gasteiger partial charge is 0.335 e. The van der Waals surface area contributed by atoms with E-state index in [1.165, 1.54) is 6.33 Å². The second kappa shape index (κ2) is 4.30. The molecule has 0 saturated carbocycles. The molecule has 0 amide bonds. The normalized spacial score (nSPS) is 13.6. The predicted octanol–water partition coefficient (Wildman–Crippen LogP) is 2.38. The molecule has 0 unspecified atom stereocenters. The highest BCUT2D eigenvalue weighted by atomic mass is 16.1. The number of carbonyl (C=O) groups excluding carboxylic acids is 1. The van der Waals surface area contributed by atoms with E-state index in [0.717, 1.165) is 28.1 Å². The highest BCUT2D eigenvalue weighted by molar-refractivity contribution is 5.94. The van der Waals surface area contributed by atoms with Crippen LogP contribution >= 0.6 is 0 Å². The zero-order valence-electron chi connectivity index (χ0n) is 11.4. The topological polar surface area (TPSA) is 51.0 Å². The number of nitrogens with zero attached hydrogens (tertiary/aromatic N) is 4. The molecular weight excluding hydrogens is 264 g/mol. The molecule has 0 bridgehead atoms. The van der Waals surface area contributed by atoms with E-state index in [9.17, 15) is 4.79 Å². The smallest absolute Gasteiger partial charge is 0.150 e. The predicted molar refractivity (Wildman–Crippen MR) is 80.0 cm³/mol. The highest BCUT2D eigenvalue weighted by Gasteiger charge is 2.28. The Bertz CT molecular complexity index is 906. The molecule has 5 heteroatoms.